The van der Waals surface area contributed by atoms with E-state index in [0.717, 1.165) is 24.4 Å². The Morgan fingerprint density at radius 2 is 1.78 bits per heavy atom. The predicted molar refractivity (Wildman–Crippen MR) is 92.2 cm³/mol. The number of benzene rings is 2. The van der Waals surface area contributed by atoms with Gasteiger partial charge in [0.25, 0.3) is 0 Å². The standard InChI is InChI=1S/C19H24N2O2/c1-21(15-16-8-4-3-5-9-16)13-12-19(22)20-14-17-10-6-7-11-18(17)23-2/h3-11H,12-15H2,1-2H3,(H,20,22). The molecule has 23 heavy (non-hydrogen) atoms. The third kappa shape index (κ3) is 5.75. The maximum atomic E-state index is 12.0. The number of carbonyl (C=O) groups excluding carboxylic acids is 1. The van der Waals surface area contributed by atoms with Crippen molar-refractivity contribution in [2.24, 2.45) is 0 Å². The van der Waals surface area contributed by atoms with Crippen LogP contribution in [0.1, 0.15) is 17.5 Å². The van der Waals surface area contributed by atoms with Crippen LogP contribution in [0.3, 0.4) is 0 Å². The first-order chi connectivity index (χ1) is 11.2. The van der Waals surface area contributed by atoms with E-state index in [1.165, 1.54) is 5.56 Å². The largest absolute Gasteiger partial charge is 0.496 e. The van der Waals surface area contributed by atoms with Crippen LogP contribution in [0.2, 0.25) is 0 Å². The molecule has 0 bridgehead atoms. The molecule has 122 valence electrons. The minimum atomic E-state index is 0.0517. The van der Waals surface area contributed by atoms with Gasteiger partial charge in [-0.05, 0) is 18.7 Å². The van der Waals surface area contributed by atoms with Gasteiger partial charge in [-0.3, -0.25) is 4.79 Å². The van der Waals surface area contributed by atoms with Crippen molar-refractivity contribution in [1.29, 1.82) is 0 Å². The van der Waals surface area contributed by atoms with Crippen molar-refractivity contribution >= 4 is 5.91 Å². The predicted octanol–water partition coefficient (Wildman–Crippen LogP) is 2.83. The highest BCUT2D eigenvalue weighted by molar-refractivity contribution is 5.76. The van der Waals surface area contributed by atoms with E-state index < -0.39 is 0 Å². The summed E-state index contributed by atoms with van der Waals surface area (Å²) in [6.45, 7) is 2.07. The summed E-state index contributed by atoms with van der Waals surface area (Å²) in [6, 6.07) is 18.0. The van der Waals surface area contributed by atoms with E-state index in [1.54, 1.807) is 7.11 Å². The van der Waals surface area contributed by atoms with Gasteiger partial charge in [0, 0.05) is 31.6 Å². The molecule has 4 heteroatoms. The molecular formula is C19H24N2O2. The van der Waals surface area contributed by atoms with E-state index in [2.05, 4.69) is 22.3 Å². The van der Waals surface area contributed by atoms with Gasteiger partial charge >= 0.3 is 0 Å². The van der Waals surface area contributed by atoms with Crippen LogP contribution in [0.25, 0.3) is 0 Å². The first-order valence-electron chi connectivity index (χ1n) is 7.80. The molecule has 1 amide bonds. The Labute approximate surface area is 138 Å². The minimum Gasteiger partial charge on any atom is -0.496 e. The molecule has 2 aromatic carbocycles. The molecule has 1 N–H and O–H groups in total. The van der Waals surface area contributed by atoms with Crippen LogP contribution in [0, 0.1) is 0 Å². The Morgan fingerprint density at radius 1 is 1.09 bits per heavy atom. The van der Waals surface area contributed by atoms with E-state index in [-0.39, 0.29) is 5.91 Å². The summed E-state index contributed by atoms with van der Waals surface area (Å²) in [5.74, 6) is 0.852. The molecule has 0 radical (unpaired) electrons. The first-order valence-corrected chi connectivity index (χ1v) is 7.80. The van der Waals surface area contributed by atoms with Crippen molar-refractivity contribution in [3.8, 4) is 5.75 Å². The molecule has 0 heterocycles. The molecule has 0 atom stereocenters. The maximum Gasteiger partial charge on any atom is 0.221 e. The number of hydrogen-bond acceptors (Lipinski definition) is 3. The van der Waals surface area contributed by atoms with Crippen molar-refractivity contribution in [1.82, 2.24) is 10.2 Å². The fourth-order valence-corrected chi connectivity index (χ4v) is 2.40. The lowest BCUT2D eigenvalue weighted by molar-refractivity contribution is -0.121. The van der Waals surface area contributed by atoms with Crippen molar-refractivity contribution in [3.63, 3.8) is 0 Å². The Balaban J connectivity index is 1.72. The number of nitrogens with zero attached hydrogens (tertiary/aromatic N) is 1. The van der Waals surface area contributed by atoms with Crippen molar-refractivity contribution < 1.29 is 9.53 Å². The second kappa shape index (κ2) is 8.96. The van der Waals surface area contributed by atoms with E-state index in [9.17, 15) is 4.79 Å². The number of carbonyl (C=O) groups is 1. The van der Waals surface area contributed by atoms with Gasteiger partial charge in [0.2, 0.25) is 5.91 Å². The van der Waals surface area contributed by atoms with Gasteiger partial charge in [-0.15, -0.1) is 0 Å². The molecule has 0 spiro atoms. The highest BCUT2D eigenvalue weighted by atomic mass is 16.5. The smallest absolute Gasteiger partial charge is 0.221 e. The van der Waals surface area contributed by atoms with Gasteiger partial charge in [0.15, 0.2) is 0 Å². The molecule has 0 aliphatic carbocycles. The van der Waals surface area contributed by atoms with E-state index in [0.29, 0.717) is 13.0 Å². The number of hydrogen-bond donors (Lipinski definition) is 1. The number of amides is 1. The summed E-state index contributed by atoms with van der Waals surface area (Å²) in [6.07, 6.45) is 0.485. The average Bonchev–Trinajstić information content (AvgIpc) is 2.59. The van der Waals surface area contributed by atoms with Crippen LogP contribution in [0.4, 0.5) is 0 Å². The van der Waals surface area contributed by atoms with Crippen LogP contribution in [0.5, 0.6) is 5.75 Å². The Kier molecular flexibility index (Phi) is 6.63. The summed E-state index contributed by atoms with van der Waals surface area (Å²) < 4.78 is 5.28. The molecule has 2 rings (SSSR count). The summed E-state index contributed by atoms with van der Waals surface area (Å²) in [7, 11) is 3.67. The van der Waals surface area contributed by atoms with Gasteiger partial charge in [0.05, 0.1) is 7.11 Å². The molecule has 0 saturated heterocycles. The van der Waals surface area contributed by atoms with Gasteiger partial charge in [0.1, 0.15) is 5.75 Å². The summed E-state index contributed by atoms with van der Waals surface area (Å²) in [4.78, 5) is 14.1. The van der Waals surface area contributed by atoms with Crippen LogP contribution in [-0.2, 0) is 17.9 Å². The molecule has 0 aromatic heterocycles. The highest BCUT2D eigenvalue weighted by Gasteiger charge is 2.07. The number of para-hydroxylation sites is 1. The Bertz CT molecular complexity index is 614. The van der Waals surface area contributed by atoms with Gasteiger partial charge in [-0.1, -0.05) is 48.5 Å². The third-order valence-corrected chi connectivity index (χ3v) is 3.68. The minimum absolute atomic E-state index is 0.0517. The molecule has 0 aliphatic rings. The van der Waals surface area contributed by atoms with Crippen LogP contribution >= 0.6 is 0 Å². The zero-order valence-electron chi connectivity index (χ0n) is 13.8. The van der Waals surface area contributed by atoms with Crippen LogP contribution < -0.4 is 10.1 Å². The second-order valence-electron chi connectivity index (χ2n) is 5.56. The first kappa shape index (κ1) is 17.0. The average molecular weight is 312 g/mol. The molecule has 2 aromatic rings. The van der Waals surface area contributed by atoms with Crippen molar-refractivity contribution in [2.45, 2.75) is 19.5 Å². The number of methoxy groups -OCH3 is 1. The van der Waals surface area contributed by atoms with Crippen LogP contribution in [-0.4, -0.2) is 31.5 Å². The van der Waals surface area contributed by atoms with Crippen molar-refractivity contribution in [3.05, 3.63) is 65.7 Å². The van der Waals surface area contributed by atoms with E-state index >= 15 is 0 Å². The van der Waals surface area contributed by atoms with Crippen molar-refractivity contribution in [2.75, 3.05) is 20.7 Å². The van der Waals surface area contributed by atoms with Crippen LogP contribution in [0.15, 0.2) is 54.6 Å². The van der Waals surface area contributed by atoms with E-state index in [1.807, 2.05) is 49.5 Å². The topological polar surface area (TPSA) is 41.6 Å². The summed E-state index contributed by atoms with van der Waals surface area (Å²) in [5.41, 5.74) is 2.24. The highest BCUT2D eigenvalue weighted by Crippen LogP contribution is 2.16. The quantitative estimate of drug-likeness (QED) is 0.815. The molecular weight excluding hydrogens is 288 g/mol. The lowest BCUT2D eigenvalue weighted by atomic mass is 10.2. The van der Waals surface area contributed by atoms with Gasteiger partial charge in [-0.25, -0.2) is 0 Å². The maximum absolute atomic E-state index is 12.0. The third-order valence-electron chi connectivity index (χ3n) is 3.68. The summed E-state index contributed by atoms with van der Waals surface area (Å²) >= 11 is 0. The molecule has 0 saturated carbocycles. The lowest BCUT2D eigenvalue weighted by Crippen LogP contribution is -2.28. The number of rotatable bonds is 8. The monoisotopic (exact) mass is 312 g/mol. The Morgan fingerprint density at radius 3 is 2.52 bits per heavy atom. The SMILES string of the molecule is COc1ccccc1CNC(=O)CCN(C)Cc1ccccc1. The molecule has 4 nitrogen and oxygen atoms in total. The number of ether oxygens (including phenoxy) is 1. The normalized spacial score (nSPS) is 10.6. The lowest BCUT2D eigenvalue weighted by Gasteiger charge is -2.16. The summed E-state index contributed by atoms with van der Waals surface area (Å²) in [5, 5.41) is 2.95. The van der Waals surface area contributed by atoms with E-state index in [4.69, 9.17) is 4.74 Å². The fourth-order valence-electron chi connectivity index (χ4n) is 2.40. The zero-order valence-corrected chi connectivity index (χ0v) is 13.8. The number of nitrogens with one attached hydrogen (secondary N) is 1. The molecule has 0 fully saturated rings. The fraction of sp³-hybridized carbons (Fsp3) is 0.316. The van der Waals surface area contributed by atoms with Gasteiger partial charge in [-0.2, -0.15) is 0 Å². The second-order valence-corrected chi connectivity index (χ2v) is 5.56. The molecule has 0 unspecified atom stereocenters. The zero-order chi connectivity index (χ0) is 16.5. The van der Waals surface area contributed by atoms with Gasteiger partial charge < -0.3 is 15.0 Å². The Hall–Kier alpha value is -2.33. The molecule has 0 aliphatic heterocycles.